The first-order chi connectivity index (χ1) is 8.00. The summed E-state index contributed by atoms with van der Waals surface area (Å²) < 4.78 is 0. The lowest BCUT2D eigenvalue weighted by atomic mass is 9.90. The van der Waals surface area contributed by atoms with Crippen LogP contribution in [0, 0.1) is 6.92 Å². The number of nitrogens with zero attached hydrogens (tertiary/aromatic N) is 1. The molecular formula is C14H18ClNO. The molecule has 0 amide bonds. The Morgan fingerprint density at radius 2 is 2.06 bits per heavy atom. The summed E-state index contributed by atoms with van der Waals surface area (Å²) in [5, 5.41) is 0.641. The Balaban J connectivity index is 2.41. The van der Waals surface area contributed by atoms with E-state index in [-0.39, 0.29) is 5.78 Å². The lowest BCUT2D eigenvalue weighted by molar-refractivity contribution is 0.101. The highest BCUT2D eigenvalue weighted by molar-refractivity contribution is 6.31. The van der Waals surface area contributed by atoms with Crippen LogP contribution in [0.5, 0.6) is 0 Å². The maximum atomic E-state index is 11.6. The van der Waals surface area contributed by atoms with E-state index in [1.807, 2.05) is 13.0 Å². The van der Waals surface area contributed by atoms with Crippen molar-refractivity contribution in [3.63, 3.8) is 0 Å². The van der Waals surface area contributed by atoms with E-state index < -0.39 is 0 Å². The second kappa shape index (κ2) is 4.69. The zero-order valence-electron chi connectivity index (χ0n) is 10.6. The number of rotatable bonds is 3. The summed E-state index contributed by atoms with van der Waals surface area (Å²) in [6.07, 6.45) is 3.77. The van der Waals surface area contributed by atoms with Gasteiger partial charge in [-0.1, -0.05) is 11.6 Å². The second-order valence-corrected chi connectivity index (χ2v) is 5.29. The molecule has 0 N–H and O–H groups in total. The SMILES string of the molecule is CC(=O)c1cc(Cl)cc(N(C)C2CCC2)c1C. The fourth-order valence-electron chi connectivity index (χ4n) is 2.37. The molecule has 0 atom stereocenters. The van der Waals surface area contributed by atoms with Crippen molar-refractivity contribution in [2.24, 2.45) is 0 Å². The first-order valence-corrected chi connectivity index (χ1v) is 6.42. The molecule has 0 radical (unpaired) electrons. The highest BCUT2D eigenvalue weighted by Gasteiger charge is 2.24. The van der Waals surface area contributed by atoms with E-state index in [9.17, 15) is 4.79 Å². The molecule has 1 saturated carbocycles. The lowest BCUT2D eigenvalue weighted by Gasteiger charge is -2.37. The predicted molar refractivity (Wildman–Crippen MR) is 72.2 cm³/mol. The van der Waals surface area contributed by atoms with Crippen molar-refractivity contribution < 1.29 is 4.79 Å². The molecule has 2 rings (SSSR count). The van der Waals surface area contributed by atoms with Gasteiger partial charge in [0.15, 0.2) is 5.78 Å². The highest BCUT2D eigenvalue weighted by atomic mass is 35.5. The van der Waals surface area contributed by atoms with Crippen molar-refractivity contribution in [2.45, 2.75) is 39.2 Å². The maximum Gasteiger partial charge on any atom is 0.160 e. The van der Waals surface area contributed by atoms with Crippen LogP contribution in [0.2, 0.25) is 5.02 Å². The monoisotopic (exact) mass is 251 g/mol. The molecule has 0 spiro atoms. The first-order valence-electron chi connectivity index (χ1n) is 6.04. The van der Waals surface area contributed by atoms with E-state index >= 15 is 0 Å². The smallest absolute Gasteiger partial charge is 0.160 e. The second-order valence-electron chi connectivity index (χ2n) is 4.85. The number of halogens is 1. The number of ketones is 1. The van der Waals surface area contributed by atoms with Gasteiger partial charge in [0.2, 0.25) is 0 Å². The summed E-state index contributed by atoms with van der Waals surface area (Å²) in [5.41, 5.74) is 2.86. The van der Waals surface area contributed by atoms with Gasteiger partial charge in [-0.25, -0.2) is 0 Å². The molecule has 1 aliphatic rings. The number of benzene rings is 1. The Hall–Kier alpha value is -1.02. The van der Waals surface area contributed by atoms with Crippen LogP contribution in [-0.2, 0) is 0 Å². The van der Waals surface area contributed by atoms with Crippen LogP contribution >= 0.6 is 11.6 Å². The van der Waals surface area contributed by atoms with Crippen LogP contribution in [0.15, 0.2) is 12.1 Å². The van der Waals surface area contributed by atoms with Crippen molar-refractivity contribution in [1.82, 2.24) is 0 Å². The molecule has 0 saturated heterocycles. The van der Waals surface area contributed by atoms with Crippen LogP contribution in [-0.4, -0.2) is 18.9 Å². The molecule has 17 heavy (non-hydrogen) atoms. The van der Waals surface area contributed by atoms with E-state index in [0.29, 0.717) is 11.1 Å². The highest BCUT2D eigenvalue weighted by Crippen LogP contribution is 2.33. The van der Waals surface area contributed by atoms with Crippen LogP contribution in [0.1, 0.15) is 42.1 Å². The van der Waals surface area contributed by atoms with Gasteiger partial charge in [-0.2, -0.15) is 0 Å². The summed E-state index contributed by atoms with van der Waals surface area (Å²) in [7, 11) is 2.09. The molecule has 1 aliphatic carbocycles. The Bertz CT molecular complexity index is 452. The molecular weight excluding hydrogens is 234 g/mol. The average Bonchev–Trinajstić information content (AvgIpc) is 2.17. The van der Waals surface area contributed by atoms with Gasteiger partial charge in [0.1, 0.15) is 0 Å². The van der Waals surface area contributed by atoms with Gasteiger partial charge in [0.05, 0.1) is 0 Å². The van der Waals surface area contributed by atoms with E-state index in [0.717, 1.165) is 16.8 Å². The summed E-state index contributed by atoms with van der Waals surface area (Å²) in [4.78, 5) is 13.8. The van der Waals surface area contributed by atoms with Crippen LogP contribution < -0.4 is 4.90 Å². The summed E-state index contributed by atoms with van der Waals surface area (Å²) in [6, 6.07) is 4.32. The molecule has 1 aromatic carbocycles. The summed E-state index contributed by atoms with van der Waals surface area (Å²) >= 11 is 6.10. The molecule has 0 unspecified atom stereocenters. The Morgan fingerprint density at radius 3 is 2.53 bits per heavy atom. The zero-order valence-corrected chi connectivity index (χ0v) is 11.3. The van der Waals surface area contributed by atoms with Crippen LogP contribution in [0.3, 0.4) is 0 Å². The van der Waals surface area contributed by atoms with E-state index in [2.05, 4.69) is 11.9 Å². The van der Waals surface area contributed by atoms with Crippen molar-refractivity contribution in [3.8, 4) is 0 Å². The van der Waals surface area contributed by atoms with E-state index in [1.54, 1.807) is 13.0 Å². The van der Waals surface area contributed by atoms with Crippen molar-refractivity contribution in [1.29, 1.82) is 0 Å². The average molecular weight is 252 g/mol. The van der Waals surface area contributed by atoms with Crippen LogP contribution in [0.4, 0.5) is 5.69 Å². The molecule has 3 heteroatoms. The first kappa shape index (κ1) is 12.4. The number of carbonyl (C=O) groups is 1. The zero-order chi connectivity index (χ0) is 12.6. The Labute approximate surface area is 108 Å². The van der Waals surface area contributed by atoms with Gasteiger partial charge in [0.25, 0.3) is 0 Å². The number of carbonyl (C=O) groups excluding carboxylic acids is 1. The normalized spacial score (nSPS) is 15.5. The minimum Gasteiger partial charge on any atom is -0.371 e. The van der Waals surface area contributed by atoms with Gasteiger partial charge >= 0.3 is 0 Å². The fourth-order valence-corrected chi connectivity index (χ4v) is 2.58. The summed E-state index contributed by atoms with van der Waals surface area (Å²) in [5.74, 6) is 0.0771. The number of Topliss-reactive ketones (excluding diaryl/α,β-unsaturated/α-hetero) is 1. The lowest BCUT2D eigenvalue weighted by Crippen LogP contribution is -2.37. The molecule has 0 heterocycles. The molecule has 0 aromatic heterocycles. The number of hydrogen-bond acceptors (Lipinski definition) is 2. The standard InChI is InChI=1S/C14H18ClNO/c1-9-13(10(2)17)7-11(15)8-14(9)16(3)12-5-4-6-12/h7-8,12H,4-6H2,1-3H3. The van der Waals surface area contributed by atoms with Gasteiger partial charge in [-0.15, -0.1) is 0 Å². The maximum absolute atomic E-state index is 11.6. The number of anilines is 1. The van der Waals surface area contributed by atoms with E-state index in [4.69, 9.17) is 11.6 Å². The fraction of sp³-hybridized carbons (Fsp3) is 0.500. The molecule has 1 fully saturated rings. The van der Waals surface area contributed by atoms with Gasteiger partial charge < -0.3 is 4.90 Å². The predicted octanol–water partition coefficient (Wildman–Crippen LogP) is 3.84. The molecule has 92 valence electrons. The van der Waals surface area contributed by atoms with Gasteiger partial charge in [-0.3, -0.25) is 4.79 Å². The molecule has 0 aliphatic heterocycles. The molecule has 1 aromatic rings. The minimum absolute atomic E-state index is 0.0771. The topological polar surface area (TPSA) is 20.3 Å². The largest absolute Gasteiger partial charge is 0.371 e. The van der Waals surface area contributed by atoms with Crippen molar-refractivity contribution >= 4 is 23.1 Å². The third-order valence-electron chi connectivity index (χ3n) is 3.73. The number of hydrogen-bond donors (Lipinski definition) is 0. The van der Waals surface area contributed by atoms with Gasteiger partial charge in [0, 0.05) is 29.4 Å². The molecule has 0 bridgehead atoms. The summed E-state index contributed by atoms with van der Waals surface area (Å²) in [6.45, 7) is 3.59. The molecule has 2 nitrogen and oxygen atoms in total. The minimum atomic E-state index is 0.0771. The Kier molecular flexibility index (Phi) is 3.43. The van der Waals surface area contributed by atoms with Crippen LogP contribution in [0.25, 0.3) is 0 Å². The van der Waals surface area contributed by atoms with Crippen molar-refractivity contribution in [3.05, 3.63) is 28.3 Å². The third-order valence-corrected chi connectivity index (χ3v) is 3.94. The Morgan fingerprint density at radius 1 is 1.41 bits per heavy atom. The third kappa shape index (κ3) is 2.32. The quantitative estimate of drug-likeness (QED) is 0.761. The van der Waals surface area contributed by atoms with Crippen molar-refractivity contribution in [2.75, 3.05) is 11.9 Å². The van der Waals surface area contributed by atoms with E-state index in [1.165, 1.54) is 19.3 Å². The van der Waals surface area contributed by atoms with Gasteiger partial charge in [-0.05, 0) is 50.8 Å².